The lowest BCUT2D eigenvalue weighted by Crippen LogP contribution is -2.53. The summed E-state index contributed by atoms with van der Waals surface area (Å²) in [5.41, 5.74) is 0. The maximum absolute atomic E-state index is 12.2. The molecule has 6 heteroatoms. The fourth-order valence-electron chi connectivity index (χ4n) is 2.78. The molecule has 0 spiro atoms. The maximum Gasteiger partial charge on any atom is 0.317 e. The van der Waals surface area contributed by atoms with Gasteiger partial charge in [-0.1, -0.05) is 13.8 Å². The fraction of sp³-hybridized carbons (Fsp3) is 0.895. The molecule has 0 bridgehead atoms. The third-order valence-corrected chi connectivity index (χ3v) is 4.95. The lowest BCUT2D eigenvalue weighted by atomic mass is 10.1. The van der Waals surface area contributed by atoms with Crippen LogP contribution in [0.2, 0.25) is 0 Å². The number of nitrogens with zero attached hydrogens (tertiary/aromatic N) is 3. The number of piperazine rings is 1. The Bertz CT molecular complexity index is 404. The second-order valence-electron chi connectivity index (χ2n) is 7.81. The first-order valence-corrected chi connectivity index (χ1v) is 9.82. The van der Waals surface area contributed by atoms with E-state index in [1.807, 2.05) is 9.80 Å². The van der Waals surface area contributed by atoms with E-state index in [-0.39, 0.29) is 11.9 Å². The van der Waals surface area contributed by atoms with Crippen LogP contribution in [0.3, 0.4) is 0 Å². The van der Waals surface area contributed by atoms with Crippen LogP contribution in [0.15, 0.2) is 0 Å². The van der Waals surface area contributed by atoms with Gasteiger partial charge < -0.3 is 20.0 Å². The molecule has 0 unspecified atom stereocenters. The smallest absolute Gasteiger partial charge is 0.317 e. The zero-order valence-corrected chi connectivity index (χ0v) is 16.9. The van der Waals surface area contributed by atoms with E-state index in [1.165, 1.54) is 0 Å². The molecule has 3 amide bonds. The Kier molecular flexibility index (Phi) is 9.86. The Balaban J connectivity index is 2.15. The van der Waals surface area contributed by atoms with E-state index in [9.17, 15) is 9.59 Å². The number of hydrogen-bond acceptors (Lipinski definition) is 3. The summed E-state index contributed by atoms with van der Waals surface area (Å²) in [4.78, 5) is 30.4. The summed E-state index contributed by atoms with van der Waals surface area (Å²) in [6, 6.07) is 0.570. The van der Waals surface area contributed by atoms with Gasteiger partial charge in [0.1, 0.15) is 0 Å². The SMILES string of the molecule is CC(C)CCC(=O)N1CCN(C(=O)NCCCCN(C)C(C)C)CC1. The quantitative estimate of drug-likeness (QED) is 0.647. The Hall–Kier alpha value is -1.30. The number of nitrogens with one attached hydrogen (secondary N) is 1. The molecule has 1 aliphatic rings. The van der Waals surface area contributed by atoms with E-state index in [4.69, 9.17) is 0 Å². The van der Waals surface area contributed by atoms with E-state index < -0.39 is 0 Å². The lowest BCUT2D eigenvalue weighted by molar-refractivity contribution is -0.132. The lowest BCUT2D eigenvalue weighted by Gasteiger charge is -2.35. The molecule has 1 heterocycles. The van der Waals surface area contributed by atoms with Crippen molar-refractivity contribution in [2.24, 2.45) is 5.92 Å². The number of unbranched alkanes of at least 4 members (excludes halogenated alkanes) is 1. The van der Waals surface area contributed by atoms with Crippen molar-refractivity contribution in [1.82, 2.24) is 20.0 Å². The fourth-order valence-corrected chi connectivity index (χ4v) is 2.78. The summed E-state index contributed by atoms with van der Waals surface area (Å²) in [7, 11) is 2.13. The highest BCUT2D eigenvalue weighted by atomic mass is 16.2. The molecule has 1 rings (SSSR count). The third-order valence-electron chi connectivity index (χ3n) is 4.95. The van der Waals surface area contributed by atoms with Gasteiger partial charge in [0.05, 0.1) is 0 Å². The maximum atomic E-state index is 12.2. The minimum Gasteiger partial charge on any atom is -0.339 e. The molecule has 0 saturated carbocycles. The van der Waals surface area contributed by atoms with E-state index >= 15 is 0 Å². The highest BCUT2D eigenvalue weighted by Gasteiger charge is 2.23. The highest BCUT2D eigenvalue weighted by molar-refractivity contribution is 5.77. The van der Waals surface area contributed by atoms with Crippen molar-refractivity contribution in [1.29, 1.82) is 0 Å². The molecule has 1 N–H and O–H groups in total. The van der Waals surface area contributed by atoms with Gasteiger partial charge in [-0.3, -0.25) is 4.79 Å². The molecule has 146 valence electrons. The molecular weight excluding hydrogens is 316 g/mol. The van der Waals surface area contributed by atoms with Crippen molar-refractivity contribution >= 4 is 11.9 Å². The predicted octanol–water partition coefficient (Wildman–Crippen LogP) is 2.40. The summed E-state index contributed by atoms with van der Waals surface area (Å²) in [6.07, 6.45) is 3.64. The largest absolute Gasteiger partial charge is 0.339 e. The van der Waals surface area contributed by atoms with Crippen LogP contribution in [0.1, 0.15) is 53.4 Å². The molecule has 1 saturated heterocycles. The molecule has 1 fully saturated rings. The van der Waals surface area contributed by atoms with Crippen LogP contribution in [0.4, 0.5) is 4.79 Å². The molecule has 0 aromatic rings. The van der Waals surface area contributed by atoms with Crippen molar-refractivity contribution in [3.8, 4) is 0 Å². The van der Waals surface area contributed by atoms with Gasteiger partial charge in [-0.2, -0.15) is 0 Å². The molecule has 0 aromatic carbocycles. The van der Waals surface area contributed by atoms with Crippen LogP contribution in [-0.2, 0) is 4.79 Å². The first-order valence-electron chi connectivity index (χ1n) is 9.82. The normalized spacial score (nSPS) is 15.4. The summed E-state index contributed by atoms with van der Waals surface area (Å²) < 4.78 is 0. The minimum absolute atomic E-state index is 0.00601. The Morgan fingerprint density at radius 3 is 2.16 bits per heavy atom. The summed E-state index contributed by atoms with van der Waals surface area (Å²) in [5, 5.41) is 3.00. The predicted molar refractivity (Wildman–Crippen MR) is 103 cm³/mol. The van der Waals surface area contributed by atoms with E-state index in [0.29, 0.717) is 44.6 Å². The topological polar surface area (TPSA) is 55.9 Å². The summed E-state index contributed by atoms with van der Waals surface area (Å²) >= 11 is 0. The van der Waals surface area contributed by atoms with Crippen molar-refractivity contribution in [2.45, 2.75) is 59.4 Å². The Morgan fingerprint density at radius 2 is 1.60 bits per heavy atom. The average Bonchev–Trinajstić information content (AvgIpc) is 2.58. The molecule has 1 aliphatic heterocycles. The van der Waals surface area contributed by atoms with E-state index in [2.05, 4.69) is 45.0 Å². The summed E-state index contributed by atoms with van der Waals surface area (Å²) in [5.74, 6) is 0.777. The second-order valence-corrected chi connectivity index (χ2v) is 7.81. The number of urea groups is 1. The molecule has 0 radical (unpaired) electrons. The van der Waals surface area contributed by atoms with E-state index in [0.717, 1.165) is 32.4 Å². The van der Waals surface area contributed by atoms with Gasteiger partial charge in [-0.05, 0) is 52.6 Å². The van der Waals surface area contributed by atoms with Crippen LogP contribution in [0.25, 0.3) is 0 Å². The standard InChI is InChI=1S/C19H38N4O2/c1-16(2)8-9-18(24)22-12-14-23(15-13-22)19(25)20-10-6-7-11-21(5)17(3)4/h16-17H,6-15H2,1-5H3,(H,20,25). The molecule has 0 aromatic heterocycles. The van der Waals surface area contributed by atoms with Crippen molar-refractivity contribution in [3.05, 3.63) is 0 Å². The number of amides is 3. The van der Waals surface area contributed by atoms with Gasteiger partial charge in [0, 0.05) is 45.2 Å². The van der Waals surface area contributed by atoms with E-state index in [1.54, 1.807) is 0 Å². The van der Waals surface area contributed by atoms with Crippen LogP contribution in [0, 0.1) is 5.92 Å². The number of hydrogen-bond donors (Lipinski definition) is 1. The zero-order valence-electron chi connectivity index (χ0n) is 16.9. The molecule has 0 aliphatic carbocycles. The average molecular weight is 355 g/mol. The third kappa shape index (κ3) is 8.56. The molecule has 0 atom stereocenters. The molecule has 25 heavy (non-hydrogen) atoms. The zero-order chi connectivity index (χ0) is 18.8. The second kappa shape index (κ2) is 11.3. The molecule has 6 nitrogen and oxygen atoms in total. The van der Waals surface area contributed by atoms with Crippen molar-refractivity contribution < 1.29 is 9.59 Å². The minimum atomic E-state index is 0.00601. The summed E-state index contributed by atoms with van der Waals surface area (Å²) in [6.45, 7) is 13.0. The van der Waals surface area contributed by atoms with Crippen LogP contribution in [0.5, 0.6) is 0 Å². The van der Waals surface area contributed by atoms with Gasteiger partial charge in [-0.25, -0.2) is 4.79 Å². The number of rotatable bonds is 9. The van der Waals surface area contributed by atoms with Crippen molar-refractivity contribution in [3.63, 3.8) is 0 Å². The van der Waals surface area contributed by atoms with Gasteiger partial charge in [0.25, 0.3) is 0 Å². The highest BCUT2D eigenvalue weighted by Crippen LogP contribution is 2.09. The Labute approximate surface area is 153 Å². The first kappa shape index (κ1) is 21.7. The van der Waals surface area contributed by atoms with Crippen molar-refractivity contribution in [2.75, 3.05) is 46.3 Å². The monoisotopic (exact) mass is 354 g/mol. The van der Waals surface area contributed by atoms with Gasteiger partial charge in [0.15, 0.2) is 0 Å². The van der Waals surface area contributed by atoms with Gasteiger partial charge in [0.2, 0.25) is 5.91 Å². The van der Waals surface area contributed by atoms with Gasteiger partial charge >= 0.3 is 6.03 Å². The first-order chi connectivity index (χ1) is 11.8. The van der Waals surface area contributed by atoms with Crippen LogP contribution < -0.4 is 5.32 Å². The Morgan fingerprint density at radius 1 is 1.00 bits per heavy atom. The number of carbonyl (C=O) groups excluding carboxylic acids is 2. The number of carbonyl (C=O) groups is 2. The van der Waals surface area contributed by atoms with Crippen LogP contribution in [-0.4, -0.2) is 79.0 Å². The van der Waals surface area contributed by atoms with Gasteiger partial charge in [-0.15, -0.1) is 0 Å². The van der Waals surface area contributed by atoms with Crippen LogP contribution >= 0.6 is 0 Å². The molecular formula is C19H38N4O2.